The molecule has 4 nitrogen and oxygen atoms in total. The number of hydrogen-bond donors (Lipinski definition) is 1. The fraction of sp³-hybridized carbons (Fsp3) is 0.909. The molecule has 2 fully saturated rings. The van der Waals surface area contributed by atoms with Gasteiger partial charge in [0.1, 0.15) is 0 Å². The third-order valence-corrected chi connectivity index (χ3v) is 3.45. The van der Waals surface area contributed by atoms with Crippen LogP contribution in [-0.2, 0) is 4.79 Å². The van der Waals surface area contributed by atoms with E-state index >= 15 is 0 Å². The van der Waals surface area contributed by atoms with Crippen molar-refractivity contribution in [3.8, 4) is 0 Å². The molecule has 0 aromatic heterocycles. The lowest BCUT2D eigenvalue weighted by Gasteiger charge is -2.35. The van der Waals surface area contributed by atoms with E-state index in [9.17, 15) is 4.79 Å². The molecule has 1 heterocycles. The predicted octanol–water partition coefficient (Wildman–Crippen LogP) is 0.0303. The largest absolute Gasteiger partial charge is 0.339 e. The van der Waals surface area contributed by atoms with Crippen LogP contribution in [0.1, 0.15) is 26.2 Å². The SMILES string of the molecule is CCC(N)C(=O)N1CCN(C2CC2)CC1. The fourth-order valence-corrected chi connectivity index (χ4v) is 2.16. The Labute approximate surface area is 91.4 Å². The van der Waals surface area contributed by atoms with Gasteiger partial charge in [-0.3, -0.25) is 9.69 Å². The minimum absolute atomic E-state index is 0.132. The second kappa shape index (κ2) is 4.49. The van der Waals surface area contributed by atoms with Gasteiger partial charge in [-0.2, -0.15) is 0 Å². The maximum atomic E-state index is 11.8. The first-order valence-electron chi connectivity index (χ1n) is 6.00. The summed E-state index contributed by atoms with van der Waals surface area (Å²) in [5, 5.41) is 0. The number of carbonyl (C=O) groups is 1. The van der Waals surface area contributed by atoms with E-state index in [2.05, 4.69) is 4.90 Å². The fourth-order valence-electron chi connectivity index (χ4n) is 2.16. The van der Waals surface area contributed by atoms with Crippen LogP contribution >= 0.6 is 0 Å². The molecule has 1 aliphatic heterocycles. The van der Waals surface area contributed by atoms with E-state index in [1.54, 1.807) is 0 Å². The van der Waals surface area contributed by atoms with Crippen LogP contribution in [0.2, 0.25) is 0 Å². The van der Waals surface area contributed by atoms with Crippen molar-refractivity contribution in [2.45, 2.75) is 38.3 Å². The van der Waals surface area contributed by atoms with E-state index in [0.29, 0.717) is 0 Å². The maximum Gasteiger partial charge on any atom is 0.239 e. The molecule has 0 bridgehead atoms. The molecular weight excluding hydrogens is 190 g/mol. The summed E-state index contributed by atoms with van der Waals surface area (Å²) in [6, 6.07) is 0.527. The molecule has 1 saturated heterocycles. The topological polar surface area (TPSA) is 49.6 Å². The van der Waals surface area contributed by atoms with Gasteiger partial charge in [0.15, 0.2) is 0 Å². The first-order chi connectivity index (χ1) is 7.22. The summed E-state index contributed by atoms with van der Waals surface area (Å²) in [5.41, 5.74) is 5.75. The smallest absolute Gasteiger partial charge is 0.239 e. The molecule has 1 atom stereocenters. The second-order valence-corrected chi connectivity index (χ2v) is 4.61. The van der Waals surface area contributed by atoms with Crippen LogP contribution in [0.15, 0.2) is 0 Å². The Morgan fingerprint density at radius 3 is 2.40 bits per heavy atom. The van der Waals surface area contributed by atoms with Crippen LogP contribution in [0.25, 0.3) is 0 Å². The van der Waals surface area contributed by atoms with Gasteiger partial charge in [0.05, 0.1) is 6.04 Å². The zero-order valence-corrected chi connectivity index (χ0v) is 9.48. The third kappa shape index (κ3) is 2.49. The van der Waals surface area contributed by atoms with Gasteiger partial charge in [-0.05, 0) is 19.3 Å². The number of rotatable bonds is 3. The van der Waals surface area contributed by atoms with Gasteiger partial charge < -0.3 is 10.6 Å². The number of amides is 1. The second-order valence-electron chi connectivity index (χ2n) is 4.61. The average Bonchev–Trinajstić information content (AvgIpc) is 3.11. The van der Waals surface area contributed by atoms with E-state index in [-0.39, 0.29) is 11.9 Å². The Kier molecular flexibility index (Phi) is 3.26. The zero-order chi connectivity index (χ0) is 10.8. The molecule has 2 aliphatic rings. The molecule has 86 valence electrons. The Balaban J connectivity index is 1.79. The highest BCUT2D eigenvalue weighted by Gasteiger charge is 2.32. The summed E-state index contributed by atoms with van der Waals surface area (Å²) in [7, 11) is 0. The Hall–Kier alpha value is -0.610. The van der Waals surface area contributed by atoms with Crippen molar-refractivity contribution in [3.05, 3.63) is 0 Å². The molecule has 15 heavy (non-hydrogen) atoms. The molecule has 1 unspecified atom stereocenters. The van der Waals surface area contributed by atoms with E-state index in [4.69, 9.17) is 5.73 Å². The Morgan fingerprint density at radius 2 is 1.93 bits per heavy atom. The standard InChI is InChI=1S/C11H21N3O/c1-2-10(12)11(15)14-7-5-13(6-8-14)9-3-4-9/h9-10H,2-8,12H2,1H3. The summed E-state index contributed by atoms with van der Waals surface area (Å²) in [6.45, 7) is 5.76. The van der Waals surface area contributed by atoms with Gasteiger partial charge in [0.2, 0.25) is 5.91 Å². The molecule has 2 N–H and O–H groups in total. The van der Waals surface area contributed by atoms with Gasteiger partial charge in [-0.1, -0.05) is 6.92 Å². The Bertz CT molecular complexity index is 232. The molecular formula is C11H21N3O. The van der Waals surface area contributed by atoms with Crippen LogP contribution in [0.3, 0.4) is 0 Å². The highest BCUT2D eigenvalue weighted by molar-refractivity contribution is 5.81. The molecule has 2 rings (SSSR count). The van der Waals surface area contributed by atoms with Crippen LogP contribution in [0.4, 0.5) is 0 Å². The molecule has 4 heteroatoms. The van der Waals surface area contributed by atoms with Crippen molar-refractivity contribution in [1.29, 1.82) is 0 Å². The van der Waals surface area contributed by atoms with Gasteiger partial charge in [0.25, 0.3) is 0 Å². The number of carbonyl (C=O) groups excluding carboxylic acids is 1. The summed E-state index contributed by atoms with van der Waals surface area (Å²) in [5.74, 6) is 0.132. The predicted molar refractivity (Wildman–Crippen MR) is 59.4 cm³/mol. The lowest BCUT2D eigenvalue weighted by atomic mass is 10.2. The summed E-state index contributed by atoms with van der Waals surface area (Å²) in [6.07, 6.45) is 3.44. The lowest BCUT2D eigenvalue weighted by Crippen LogP contribution is -2.53. The molecule has 0 radical (unpaired) electrons. The molecule has 0 aromatic rings. The lowest BCUT2D eigenvalue weighted by molar-refractivity contribution is -0.134. The first kappa shape index (κ1) is 10.9. The molecule has 1 amide bonds. The van der Waals surface area contributed by atoms with Crippen molar-refractivity contribution < 1.29 is 4.79 Å². The average molecular weight is 211 g/mol. The van der Waals surface area contributed by atoms with Crippen LogP contribution in [0, 0.1) is 0 Å². The van der Waals surface area contributed by atoms with Crippen molar-refractivity contribution in [2.75, 3.05) is 26.2 Å². The van der Waals surface area contributed by atoms with E-state index in [1.807, 2.05) is 11.8 Å². The summed E-state index contributed by atoms with van der Waals surface area (Å²) in [4.78, 5) is 16.2. The number of piperazine rings is 1. The van der Waals surface area contributed by atoms with Crippen LogP contribution < -0.4 is 5.73 Å². The number of hydrogen-bond acceptors (Lipinski definition) is 3. The minimum Gasteiger partial charge on any atom is -0.339 e. The van der Waals surface area contributed by atoms with Crippen molar-refractivity contribution in [1.82, 2.24) is 9.80 Å². The maximum absolute atomic E-state index is 11.8. The summed E-state index contributed by atoms with van der Waals surface area (Å²) >= 11 is 0. The van der Waals surface area contributed by atoms with Crippen LogP contribution in [-0.4, -0.2) is 54.0 Å². The molecule has 1 saturated carbocycles. The van der Waals surface area contributed by atoms with E-state index < -0.39 is 0 Å². The van der Waals surface area contributed by atoms with Gasteiger partial charge in [0, 0.05) is 32.2 Å². The van der Waals surface area contributed by atoms with Gasteiger partial charge in [-0.15, -0.1) is 0 Å². The van der Waals surface area contributed by atoms with Gasteiger partial charge in [-0.25, -0.2) is 0 Å². The van der Waals surface area contributed by atoms with Crippen molar-refractivity contribution in [2.24, 2.45) is 5.73 Å². The number of nitrogens with two attached hydrogens (primary N) is 1. The molecule has 0 aromatic carbocycles. The molecule has 0 spiro atoms. The van der Waals surface area contributed by atoms with Gasteiger partial charge >= 0.3 is 0 Å². The zero-order valence-electron chi connectivity index (χ0n) is 9.48. The molecule has 1 aliphatic carbocycles. The minimum atomic E-state index is -0.294. The highest BCUT2D eigenvalue weighted by Crippen LogP contribution is 2.27. The van der Waals surface area contributed by atoms with E-state index in [0.717, 1.165) is 38.6 Å². The Morgan fingerprint density at radius 1 is 1.33 bits per heavy atom. The highest BCUT2D eigenvalue weighted by atomic mass is 16.2. The normalized spacial score (nSPS) is 25.3. The van der Waals surface area contributed by atoms with Crippen LogP contribution in [0.5, 0.6) is 0 Å². The van der Waals surface area contributed by atoms with Crippen molar-refractivity contribution in [3.63, 3.8) is 0 Å². The summed E-state index contributed by atoms with van der Waals surface area (Å²) < 4.78 is 0. The first-order valence-corrected chi connectivity index (χ1v) is 6.00. The number of nitrogens with zero attached hydrogens (tertiary/aromatic N) is 2. The monoisotopic (exact) mass is 211 g/mol. The quantitative estimate of drug-likeness (QED) is 0.716. The van der Waals surface area contributed by atoms with Crippen molar-refractivity contribution >= 4 is 5.91 Å². The third-order valence-electron chi connectivity index (χ3n) is 3.45. The van der Waals surface area contributed by atoms with E-state index in [1.165, 1.54) is 12.8 Å².